The summed E-state index contributed by atoms with van der Waals surface area (Å²) in [5, 5.41) is 9.90. The Hall–Kier alpha value is -2.44. The van der Waals surface area contributed by atoms with E-state index in [2.05, 4.69) is 58.0 Å². The zero-order valence-corrected chi connectivity index (χ0v) is 19.1. The van der Waals surface area contributed by atoms with Crippen LogP contribution in [0.2, 0.25) is 5.02 Å². The molecule has 3 aromatic rings. The van der Waals surface area contributed by atoms with Crippen molar-refractivity contribution in [3.8, 4) is 0 Å². The fourth-order valence-electron chi connectivity index (χ4n) is 4.33. The van der Waals surface area contributed by atoms with Gasteiger partial charge < -0.3 is 15.4 Å². The Morgan fingerprint density at radius 1 is 1.06 bits per heavy atom. The van der Waals surface area contributed by atoms with E-state index in [4.69, 9.17) is 16.3 Å². The minimum Gasteiger partial charge on any atom is -0.383 e. The number of benzene rings is 3. The average Bonchev–Trinajstić information content (AvgIpc) is 3.22. The third kappa shape index (κ3) is 5.87. The van der Waals surface area contributed by atoms with Crippen LogP contribution >= 0.6 is 11.6 Å². The van der Waals surface area contributed by atoms with Gasteiger partial charge in [-0.2, -0.15) is 0 Å². The molecule has 0 unspecified atom stereocenters. The van der Waals surface area contributed by atoms with Crippen LogP contribution in [0.4, 0.5) is 0 Å². The van der Waals surface area contributed by atoms with Crippen molar-refractivity contribution in [2.45, 2.75) is 31.6 Å². The highest BCUT2D eigenvalue weighted by Crippen LogP contribution is 2.23. The minimum absolute atomic E-state index is 0.0611. The van der Waals surface area contributed by atoms with Gasteiger partial charge in [0.05, 0.1) is 12.6 Å². The molecule has 1 aliphatic heterocycles. The number of hydrogen-bond donors (Lipinski definition) is 2. The number of nitrogens with zero attached hydrogens (tertiary/aromatic N) is 1. The highest BCUT2D eigenvalue weighted by atomic mass is 35.5. The van der Waals surface area contributed by atoms with E-state index in [9.17, 15) is 4.79 Å². The van der Waals surface area contributed by atoms with Crippen molar-refractivity contribution in [2.24, 2.45) is 0 Å². The normalized spacial score (nSPS) is 18.8. The Kier molecular flexibility index (Phi) is 7.76. The summed E-state index contributed by atoms with van der Waals surface area (Å²) in [6.45, 7) is 3.35. The zero-order valence-electron chi connectivity index (χ0n) is 18.4. The molecule has 32 heavy (non-hydrogen) atoms. The van der Waals surface area contributed by atoms with E-state index in [1.54, 1.807) is 7.11 Å². The van der Waals surface area contributed by atoms with Crippen LogP contribution in [0.3, 0.4) is 0 Å². The van der Waals surface area contributed by atoms with Gasteiger partial charge in [-0.1, -0.05) is 60.1 Å². The number of methoxy groups -OCH3 is 1. The fourth-order valence-corrected chi connectivity index (χ4v) is 4.45. The Balaban J connectivity index is 1.41. The van der Waals surface area contributed by atoms with Crippen LogP contribution in [-0.4, -0.2) is 49.7 Å². The quantitative estimate of drug-likeness (QED) is 0.483. The van der Waals surface area contributed by atoms with Gasteiger partial charge in [0.25, 0.3) is 0 Å². The molecule has 1 fully saturated rings. The van der Waals surface area contributed by atoms with Crippen molar-refractivity contribution in [1.29, 1.82) is 0 Å². The first-order valence-electron chi connectivity index (χ1n) is 11.1. The number of rotatable bonds is 9. The molecule has 2 N–H and O–H groups in total. The van der Waals surface area contributed by atoms with Gasteiger partial charge in [-0.3, -0.25) is 9.69 Å². The second-order valence-corrected chi connectivity index (χ2v) is 8.79. The van der Waals surface area contributed by atoms with Crippen LogP contribution in [0.5, 0.6) is 0 Å². The molecule has 0 saturated carbocycles. The molecule has 0 aliphatic carbocycles. The summed E-state index contributed by atoms with van der Waals surface area (Å²) in [6.07, 6.45) is 0.778. The fraction of sp³-hybridized carbons (Fsp3) is 0.346. The topological polar surface area (TPSA) is 53.6 Å². The minimum atomic E-state index is -0.170. The maximum atomic E-state index is 12.9. The zero-order chi connectivity index (χ0) is 22.3. The Morgan fingerprint density at radius 3 is 2.59 bits per heavy atom. The molecule has 5 nitrogen and oxygen atoms in total. The van der Waals surface area contributed by atoms with E-state index >= 15 is 0 Å². The molecule has 6 heteroatoms. The lowest BCUT2D eigenvalue weighted by atomic mass is 10.1. The van der Waals surface area contributed by atoms with E-state index < -0.39 is 0 Å². The van der Waals surface area contributed by atoms with E-state index in [1.165, 1.54) is 16.3 Å². The highest BCUT2D eigenvalue weighted by Gasteiger charge is 2.36. The van der Waals surface area contributed by atoms with Crippen molar-refractivity contribution >= 4 is 28.3 Å². The number of nitrogens with one attached hydrogen (secondary N) is 2. The van der Waals surface area contributed by atoms with Crippen LogP contribution in [-0.2, 0) is 22.6 Å². The third-order valence-corrected chi connectivity index (χ3v) is 6.27. The molecule has 2 atom stereocenters. The van der Waals surface area contributed by atoms with Gasteiger partial charge in [-0.15, -0.1) is 0 Å². The van der Waals surface area contributed by atoms with Gasteiger partial charge in [0, 0.05) is 44.4 Å². The van der Waals surface area contributed by atoms with Crippen molar-refractivity contribution in [3.63, 3.8) is 0 Å². The van der Waals surface area contributed by atoms with Gasteiger partial charge in [0.15, 0.2) is 0 Å². The molecule has 1 amide bonds. The maximum Gasteiger partial charge on any atom is 0.237 e. The lowest BCUT2D eigenvalue weighted by Gasteiger charge is -2.23. The number of hydrogen-bond acceptors (Lipinski definition) is 4. The Morgan fingerprint density at radius 2 is 1.81 bits per heavy atom. The van der Waals surface area contributed by atoms with Gasteiger partial charge in [0.1, 0.15) is 0 Å². The monoisotopic (exact) mass is 451 g/mol. The number of likely N-dealkylation sites (tertiary alicyclic amines) is 1. The predicted molar refractivity (Wildman–Crippen MR) is 130 cm³/mol. The molecule has 168 valence electrons. The molecule has 1 aliphatic rings. The van der Waals surface area contributed by atoms with Gasteiger partial charge in [-0.25, -0.2) is 0 Å². The second kappa shape index (κ2) is 10.9. The number of carbonyl (C=O) groups excluding carboxylic acids is 1. The summed E-state index contributed by atoms with van der Waals surface area (Å²) in [6, 6.07) is 22.9. The van der Waals surface area contributed by atoms with Crippen molar-refractivity contribution in [1.82, 2.24) is 15.5 Å². The number of halogens is 1. The Bertz CT molecular complexity index is 1040. The van der Waals surface area contributed by atoms with Crippen LogP contribution in [0.15, 0.2) is 66.7 Å². The number of ether oxygens (including phenoxy) is 1. The summed E-state index contributed by atoms with van der Waals surface area (Å²) in [5.74, 6) is 0.0611. The summed E-state index contributed by atoms with van der Waals surface area (Å²) in [4.78, 5) is 15.1. The number of fused-ring (bicyclic) bond motifs is 1. The van der Waals surface area contributed by atoms with Gasteiger partial charge in [-0.05, 0) is 46.5 Å². The smallest absolute Gasteiger partial charge is 0.237 e. The average molecular weight is 452 g/mol. The second-order valence-electron chi connectivity index (χ2n) is 8.35. The molecule has 1 saturated heterocycles. The van der Waals surface area contributed by atoms with Crippen LogP contribution in [0.1, 0.15) is 17.5 Å². The third-order valence-electron chi connectivity index (χ3n) is 6.02. The van der Waals surface area contributed by atoms with Gasteiger partial charge in [0.2, 0.25) is 5.91 Å². The summed E-state index contributed by atoms with van der Waals surface area (Å²) in [5.41, 5.74) is 2.40. The molecule has 0 spiro atoms. The lowest BCUT2D eigenvalue weighted by molar-refractivity contribution is -0.125. The van der Waals surface area contributed by atoms with Crippen molar-refractivity contribution < 1.29 is 9.53 Å². The van der Waals surface area contributed by atoms with E-state index in [1.807, 2.05) is 24.3 Å². The van der Waals surface area contributed by atoms with E-state index in [0.29, 0.717) is 19.7 Å². The molecule has 3 aromatic carbocycles. The summed E-state index contributed by atoms with van der Waals surface area (Å²) >= 11 is 6.04. The van der Waals surface area contributed by atoms with Crippen LogP contribution in [0.25, 0.3) is 10.8 Å². The standard InChI is InChI=1S/C26H30ClN3O2/c1-32-13-12-28-26(31)25-15-24(18-30(25)17-19-7-10-23(27)11-8-19)29-16-20-6-9-21-4-2-3-5-22(21)14-20/h2-11,14,24-25,29H,12-13,15-18H2,1H3,(H,28,31)/t24-,25+/m1/s1. The Labute approximate surface area is 194 Å². The molecular weight excluding hydrogens is 422 g/mol. The van der Waals surface area contributed by atoms with E-state index in [0.717, 1.165) is 30.1 Å². The van der Waals surface area contributed by atoms with E-state index in [-0.39, 0.29) is 18.0 Å². The van der Waals surface area contributed by atoms with Gasteiger partial charge >= 0.3 is 0 Å². The molecule has 0 radical (unpaired) electrons. The van der Waals surface area contributed by atoms with Crippen molar-refractivity contribution in [3.05, 3.63) is 82.9 Å². The van der Waals surface area contributed by atoms with Crippen LogP contribution in [0, 0.1) is 0 Å². The van der Waals surface area contributed by atoms with Crippen molar-refractivity contribution in [2.75, 3.05) is 26.8 Å². The number of amides is 1. The number of carbonyl (C=O) groups is 1. The maximum absolute atomic E-state index is 12.9. The largest absolute Gasteiger partial charge is 0.383 e. The first-order valence-corrected chi connectivity index (χ1v) is 11.5. The summed E-state index contributed by atoms with van der Waals surface area (Å²) in [7, 11) is 1.64. The molecule has 1 heterocycles. The molecular formula is C26H30ClN3O2. The predicted octanol–water partition coefficient (Wildman–Crippen LogP) is 3.99. The SMILES string of the molecule is COCCNC(=O)[C@@H]1C[C@@H](NCc2ccc3ccccc3c2)CN1Cc1ccc(Cl)cc1. The first-order chi connectivity index (χ1) is 15.6. The highest BCUT2D eigenvalue weighted by molar-refractivity contribution is 6.30. The molecule has 0 bridgehead atoms. The summed E-state index contributed by atoms with van der Waals surface area (Å²) < 4.78 is 5.07. The lowest BCUT2D eigenvalue weighted by Crippen LogP contribution is -2.43. The molecule has 4 rings (SSSR count). The first kappa shape index (κ1) is 22.7. The van der Waals surface area contributed by atoms with Crippen LogP contribution < -0.4 is 10.6 Å². The molecule has 0 aromatic heterocycles.